The number of fused-ring (bicyclic) bond motifs is 1. The van der Waals surface area contributed by atoms with Crippen molar-refractivity contribution >= 4 is 28.6 Å². The summed E-state index contributed by atoms with van der Waals surface area (Å²) in [5.41, 5.74) is 3.56. The fraction of sp³-hybridized carbons (Fsp3) is 0.111. The molecule has 0 bridgehead atoms. The summed E-state index contributed by atoms with van der Waals surface area (Å²) >= 11 is 6.02. The highest BCUT2D eigenvalue weighted by molar-refractivity contribution is 6.30. The Bertz CT molecular complexity index is 999. The third kappa shape index (κ3) is 3.44. The van der Waals surface area contributed by atoms with Gasteiger partial charge < -0.3 is 5.32 Å². The predicted molar refractivity (Wildman–Crippen MR) is 97.4 cm³/mol. The minimum Gasteiger partial charge on any atom is -0.364 e. The molecule has 2 aromatic heterocycles. The molecule has 0 radical (unpaired) electrons. The van der Waals surface area contributed by atoms with Crippen LogP contribution in [0.2, 0.25) is 5.02 Å². The molecule has 124 valence electrons. The third-order valence-corrected chi connectivity index (χ3v) is 4.06. The minimum absolute atomic E-state index is 0.595. The molecule has 0 saturated carbocycles. The Morgan fingerprint density at radius 2 is 1.80 bits per heavy atom. The van der Waals surface area contributed by atoms with Crippen molar-refractivity contribution in [1.82, 2.24) is 25.0 Å². The quantitative estimate of drug-likeness (QED) is 0.596. The standard InChI is InChI=1S/C18H15ClN6/c19-15-8-4-7-14(9-15)10-20-17-16-18(22-12-21-17)25(24-23-16)11-13-5-2-1-3-6-13/h1-9,12H,10-11H2,(H,20,21,22). The van der Waals surface area contributed by atoms with Gasteiger partial charge in [0.25, 0.3) is 0 Å². The first-order valence-corrected chi connectivity index (χ1v) is 8.24. The number of benzene rings is 2. The summed E-state index contributed by atoms with van der Waals surface area (Å²) < 4.78 is 1.77. The van der Waals surface area contributed by atoms with E-state index in [0.717, 1.165) is 11.1 Å². The van der Waals surface area contributed by atoms with Gasteiger partial charge in [-0.15, -0.1) is 5.10 Å². The SMILES string of the molecule is Clc1cccc(CNc2ncnc3c2nnn3Cc2ccccc2)c1. The lowest BCUT2D eigenvalue weighted by Gasteiger charge is -2.06. The van der Waals surface area contributed by atoms with Crippen molar-refractivity contribution in [1.29, 1.82) is 0 Å². The smallest absolute Gasteiger partial charge is 0.184 e. The first-order chi connectivity index (χ1) is 12.3. The monoisotopic (exact) mass is 350 g/mol. The third-order valence-electron chi connectivity index (χ3n) is 3.82. The zero-order chi connectivity index (χ0) is 17.1. The summed E-state index contributed by atoms with van der Waals surface area (Å²) in [6.07, 6.45) is 1.52. The highest BCUT2D eigenvalue weighted by Crippen LogP contribution is 2.18. The number of hydrogen-bond donors (Lipinski definition) is 1. The number of halogens is 1. The van der Waals surface area contributed by atoms with E-state index in [2.05, 4.69) is 25.6 Å². The molecule has 0 amide bonds. The van der Waals surface area contributed by atoms with Crippen molar-refractivity contribution in [3.8, 4) is 0 Å². The second-order valence-corrected chi connectivity index (χ2v) is 6.05. The van der Waals surface area contributed by atoms with E-state index in [0.29, 0.717) is 35.1 Å². The molecule has 0 fully saturated rings. The van der Waals surface area contributed by atoms with Gasteiger partial charge in [-0.2, -0.15) is 0 Å². The molecule has 1 N–H and O–H groups in total. The molecule has 0 saturated heterocycles. The van der Waals surface area contributed by atoms with Crippen LogP contribution in [0, 0.1) is 0 Å². The van der Waals surface area contributed by atoms with E-state index in [1.807, 2.05) is 54.6 Å². The van der Waals surface area contributed by atoms with Gasteiger partial charge in [0.2, 0.25) is 0 Å². The topological polar surface area (TPSA) is 68.5 Å². The molecular weight excluding hydrogens is 336 g/mol. The fourth-order valence-electron chi connectivity index (χ4n) is 2.62. The Morgan fingerprint density at radius 3 is 2.64 bits per heavy atom. The molecule has 7 heteroatoms. The van der Waals surface area contributed by atoms with Crippen LogP contribution in [-0.2, 0) is 13.1 Å². The van der Waals surface area contributed by atoms with Gasteiger partial charge in [-0.3, -0.25) is 0 Å². The van der Waals surface area contributed by atoms with Gasteiger partial charge in [0, 0.05) is 11.6 Å². The van der Waals surface area contributed by atoms with Gasteiger partial charge in [-0.25, -0.2) is 14.6 Å². The first-order valence-electron chi connectivity index (χ1n) is 7.86. The van der Waals surface area contributed by atoms with Crippen molar-refractivity contribution in [2.45, 2.75) is 13.1 Å². The Hall–Kier alpha value is -2.99. The van der Waals surface area contributed by atoms with Crippen LogP contribution in [0.3, 0.4) is 0 Å². The van der Waals surface area contributed by atoms with Gasteiger partial charge >= 0.3 is 0 Å². The molecule has 6 nitrogen and oxygen atoms in total. The molecule has 2 heterocycles. The predicted octanol–water partition coefficient (Wildman–Crippen LogP) is 3.54. The van der Waals surface area contributed by atoms with Gasteiger partial charge in [0.05, 0.1) is 6.54 Å². The Morgan fingerprint density at radius 1 is 0.960 bits per heavy atom. The van der Waals surface area contributed by atoms with Crippen LogP contribution < -0.4 is 5.32 Å². The van der Waals surface area contributed by atoms with E-state index >= 15 is 0 Å². The van der Waals surface area contributed by atoms with Crippen LogP contribution in [0.5, 0.6) is 0 Å². The molecule has 4 aromatic rings. The number of hydrogen-bond acceptors (Lipinski definition) is 5. The Kier molecular flexibility index (Phi) is 4.26. The largest absolute Gasteiger partial charge is 0.364 e. The molecule has 0 atom stereocenters. The van der Waals surface area contributed by atoms with E-state index in [9.17, 15) is 0 Å². The van der Waals surface area contributed by atoms with Gasteiger partial charge in [0.1, 0.15) is 6.33 Å². The molecule has 2 aromatic carbocycles. The van der Waals surface area contributed by atoms with Gasteiger partial charge in [-0.1, -0.05) is 59.3 Å². The molecule has 0 aliphatic carbocycles. The lowest BCUT2D eigenvalue weighted by atomic mass is 10.2. The second kappa shape index (κ2) is 6.86. The van der Waals surface area contributed by atoms with E-state index in [1.165, 1.54) is 6.33 Å². The zero-order valence-corrected chi connectivity index (χ0v) is 14.1. The van der Waals surface area contributed by atoms with Gasteiger partial charge in [0.15, 0.2) is 17.0 Å². The van der Waals surface area contributed by atoms with E-state index in [4.69, 9.17) is 11.6 Å². The number of nitrogens with zero attached hydrogens (tertiary/aromatic N) is 5. The lowest BCUT2D eigenvalue weighted by Crippen LogP contribution is -2.04. The lowest BCUT2D eigenvalue weighted by molar-refractivity contribution is 0.664. The molecule has 0 unspecified atom stereocenters. The van der Waals surface area contributed by atoms with Crippen molar-refractivity contribution in [2.24, 2.45) is 0 Å². The maximum absolute atomic E-state index is 6.02. The first kappa shape index (κ1) is 15.5. The number of nitrogens with one attached hydrogen (secondary N) is 1. The summed E-state index contributed by atoms with van der Waals surface area (Å²) in [5.74, 6) is 0.657. The number of anilines is 1. The van der Waals surface area contributed by atoms with Crippen molar-refractivity contribution in [2.75, 3.05) is 5.32 Å². The molecule has 25 heavy (non-hydrogen) atoms. The summed E-state index contributed by atoms with van der Waals surface area (Å²) in [7, 11) is 0. The molecule has 0 aliphatic rings. The van der Waals surface area contributed by atoms with Crippen LogP contribution >= 0.6 is 11.6 Å². The minimum atomic E-state index is 0.595. The van der Waals surface area contributed by atoms with Gasteiger partial charge in [-0.05, 0) is 23.3 Å². The average Bonchev–Trinajstić information content (AvgIpc) is 3.04. The summed E-state index contributed by atoms with van der Waals surface area (Å²) in [6.45, 7) is 1.21. The van der Waals surface area contributed by atoms with Crippen LogP contribution in [-0.4, -0.2) is 25.0 Å². The second-order valence-electron chi connectivity index (χ2n) is 5.61. The van der Waals surface area contributed by atoms with Crippen molar-refractivity contribution in [3.05, 3.63) is 77.1 Å². The molecular formula is C18H15ClN6. The van der Waals surface area contributed by atoms with Crippen LogP contribution in [0.15, 0.2) is 60.9 Å². The average molecular weight is 351 g/mol. The molecule has 0 aliphatic heterocycles. The van der Waals surface area contributed by atoms with E-state index in [1.54, 1.807) is 4.68 Å². The maximum atomic E-state index is 6.02. The maximum Gasteiger partial charge on any atom is 0.184 e. The fourth-order valence-corrected chi connectivity index (χ4v) is 2.83. The zero-order valence-electron chi connectivity index (χ0n) is 13.3. The summed E-state index contributed by atoms with van der Waals surface area (Å²) in [4.78, 5) is 8.63. The number of aromatic nitrogens is 5. The number of rotatable bonds is 5. The Labute approximate surface area is 149 Å². The van der Waals surface area contributed by atoms with E-state index in [-0.39, 0.29) is 0 Å². The van der Waals surface area contributed by atoms with Crippen LogP contribution in [0.1, 0.15) is 11.1 Å². The normalized spacial score (nSPS) is 10.9. The summed E-state index contributed by atoms with van der Waals surface area (Å²) in [5, 5.41) is 12.5. The van der Waals surface area contributed by atoms with Crippen molar-refractivity contribution < 1.29 is 0 Å². The van der Waals surface area contributed by atoms with E-state index < -0.39 is 0 Å². The highest BCUT2D eigenvalue weighted by Gasteiger charge is 2.11. The van der Waals surface area contributed by atoms with Crippen LogP contribution in [0.4, 0.5) is 5.82 Å². The molecule has 0 spiro atoms. The molecule has 4 rings (SSSR count). The highest BCUT2D eigenvalue weighted by atomic mass is 35.5. The summed E-state index contributed by atoms with van der Waals surface area (Å²) in [6, 6.07) is 17.8. The van der Waals surface area contributed by atoms with Crippen LogP contribution in [0.25, 0.3) is 11.2 Å². The Balaban J connectivity index is 1.58. The van der Waals surface area contributed by atoms with Crippen molar-refractivity contribution in [3.63, 3.8) is 0 Å².